The first-order chi connectivity index (χ1) is 9.62. The van der Waals surface area contributed by atoms with E-state index in [9.17, 15) is 4.79 Å². The molecule has 0 amide bonds. The average Bonchev–Trinajstić information content (AvgIpc) is 2.45. The highest BCUT2D eigenvalue weighted by molar-refractivity contribution is 6.31. The molecule has 0 saturated carbocycles. The topological polar surface area (TPSA) is 43.1 Å². The summed E-state index contributed by atoms with van der Waals surface area (Å²) in [5.74, 6) is -0.856. The van der Waals surface area contributed by atoms with Gasteiger partial charge >= 0.3 is 0 Å². The Kier molecular flexibility index (Phi) is 1.34. The van der Waals surface area contributed by atoms with Crippen LogP contribution in [-0.2, 0) is 10.3 Å². The summed E-state index contributed by atoms with van der Waals surface area (Å²) in [4.78, 5) is 12.3. The van der Waals surface area contributed by atoms with Crippen LogP contribution in [0.15, 0.2) is 36.3 Å². The molecule has 0 radical (unpaired) electrons. The summed E-state index contributed by atoms with van der Waals surface area (Å²) < 4.78 is 45.9. The van der Waals surface area contributed by atoms with Gasteiger partial charge in [0.15, 0.2) is 5.78 Å². The van der Waals surface area contributed by atoms with Crippen LogP contribution < -0.4 is 5.73 Å². The zero-order valence-corrected chi connectivity index (χ0v) is 8.53. The molecular formula is C12H12ClNO. The van der Waals surface area contributed by atoms with Crippen molar-refractivity contribution in [3.05, 3.63) is 46.9 Å². The van der Waals surface area contributed by atoms with Gasteiger partial charge in [-0.2, -0.15) is 0 Å². The van der Waals surface area contributed by atoms with E-state index >= 15 is 0 Å². The third-order valence-electron chi connectivity index (χ3n) is 2.34. The van der Waals surface area contributed by atoms with Gasteiger partial charge in [-0.25, -0.2) is 0 Å². The van der Waals surface area contributed by atoms with Crippen molar-refractivity contribution in [1.82, 2.24) is 0 Å². The molecular weight excluding hydrogens is 210 g/mol. The highest BCUT2D eigenvalue weighted by Crippen LogP contribution is 2.33. The van der Waals surface area contributed by atoms with E-state index in [0.717, 1.165) is 0 Å². The van der Waals surface area contributed by atoms with Crippen LogP contribution in [0.1, 0.15) is 26.6 Å². The molecule has 2 nitrogen and oxygen atoms in total. The Labute approximate surface area is 102 Å². The number of nitrogens with two attached hydrogens (primary N) is 1. The highest BCUT2D eigenvalue weighted by atomic mass is 35.5. The van der Waals surface area contributed by atoms with Crippen LogP contribution in [0.2, 0.25) is 5.02 Å². The molecule has 0 heterocycles. The van der Waals surface area contributed by atoms with Gasteiger partial charge in [0.1, 0.15) is 5.54 Å². The molecule has 1 aromatic carbocycles. The summed E-state index contributed by atoms with van der Waals surface area (Å²) in [6.45, 7) is 0. The molecule has 2 rings (SSSR count). The first kappa shape index (κ1) is 5.28. The Morgan fingerprint density at radius 2 is 2.20 bits per heavy atom. The third kappa shape index (κ3) is 1.71. The van der Waals surface area contributed by atoms with Crippen LogP contribution in [0.4, 0.5) is 0 Å². The van der Waals surface area contributed by atoms with Crippen LogP contribution in [0.5, 0.6) is 0 Å². The van der Waals surface area contributed by atoms with Crippen LogP contribution >= 0.6 is 11.6 Å². The summed E-state index contributed by atoms with van der Waals surface area (Å²) in [6, 6.07) is -2.70. The fourth-order valence-corrected chi connectivity index (χ4v) is 1.73. The monoisotopic (exact) mass is 227 g/mol. The van der Waals surface area contributed by atoms with Gasteiger partial charge in [-0.15, -0.1) is 0 Å². The zero-order chi connectivity index (χ0) is 16.1. The second kappa shape index (κ2) is 3.80. The van der Waals surface area contributed by atoms with E-state index in [0.29, 0.717) is 0 Å². The molecule has 0 bridgehead atoms. The second-order valence-electron chi connectivity index (χ2n) is 3.29. The van der Waals surface area contributed by atoms with Crippen molar-refractivity contribution in [1.29, 1.82) is 0 Å². The Morgan fingerprint density at radius 3 is 3.00 bits per heavy atom. The Hall–Kier alpha value is -1.12. The van der Waals surface area contributed by atoms with Gasteiger partial charge < -0.3 is 5.73 Å². The SMILES string of the molecule is [2H]C1=C([2H])C(=O)C(N)(c2c([2H])c([2H])c([2H])c([2H])c2Cl)CC1. The number of carbonyl (C=O) groups is 1. The number of allylic oxidation sites excluding steroid dienone is 1. The molecule has 0 aliphatic heterocycles. The predicted octanol–water partition coefficient (Wildman–Crippen LogP) is 2.41. The molecule has 0 spiro atoms. The molecule has 1 atom stereocenters. The van der Waals surface area contributed by atoms with Crippen molar-refractivity contribution in [3.63, 3.8) is 0 Å². The predicted molar refractivity (Wildman–Crippen MR) is 60.7 cm³/mol. The smallest absolute Gasteiger partial charge is 0.179 e. The summed E-state index contributed by atoms with van der Waals surface area (Å²) in [5.41, 5.74) is 4.03. The lowest BCUT2D eigenvalue weighted by Gasteiger charge is -2.30. The van der Waals surface area contributed by atoms with Gasteiger partial charge in [-0.1, -0.05) is 35.8 Å². The van der Waals surface area contributed by atoms with Crippen molar-refractivity contribution in [3.8, 4) is 0 Å². The Morgan fingerprint density at radius 1 is 1.47 bits per heavy atom. The van der Waals surface area contributed by atoms with E-state index in [1.165, 1.54) is 0 Å². The second-order valence-corrected chi connectivity index (χ2v) is 3.67. The minimum absolute atomic E-state index is 0.0329. The summed E-state index contributed by atoms with van der Waals surface area (Å²) in [7, 11) is 0. The van der Waals surface area contributed by atoms with Gasteiger partial charge in [0.25, 0.3) is 0 Å². The highest BCUT2D eigenvalue weighted by Gasteiger charge is 2.36. The van der Waals surface area contributed by atoms with Gasteiger partial charge in [0, 0.05) is 5.02 Å². The maximum atomic E-state index is 12.3. The molecule has 0 fully saturated rings. The summed E-state index contributed by atoms with van der Waals surface area (Å²) in [5, 5.41) is -0.321. The quantitative estimate of drug-likeness (QED) is 0.801. The van der Waals surface area contributed by atoms with E-state index in [1.807, 2.05) is 0 Å². The van der Waals surface area contributed by atoms with Gasteiger partial charge in [-0.05, 0) is 30.5 Å². The summed E-state index contributed by atoms with van der Waals surface area (Å²) in [6.07, 6.45) is 0.0367. The van der Waals surface area contributed by atoms with Crippen molar-refractivity contribution in [2.45, 2.75) is 18.4 Å². The van der Waals surface area contributed by atoms with Crippen molar-refractivity contribution < 1.29 is 13.0 Å². The molecule has 15 heavy (non-hydrogen) atoms. The van der Waals surface area contributed by atoms with Crippen LogP contribution in [-0.4, -0.2) is 5.78 Å². The maximum Gasteiger partial charge on any atom is 0.179 e. The van der Waals surface area contributed by atoms with Crippen LogP contribution in [0, 0.1) is 0 Å². The molecule has 1 unspecified atom stereocenters. The number of benzene rings is 1. The molecule has 3 heteroatoms. The lowest BCUT2D eigenvalue weighted by molar-refractivity contribution is -0.120. The van der Waals surface area contributed by atoms with Crippen molar-refractivity contribution in [2.75, 3.05) is 0 Å². The molecule has 0 aromatic heterocycles. The summed E-state index contributed by atoms with van der Waals surface area (Å²) >= 11 is 5.98. The number of hydrogen-bond acceptors (Lipinski definition) is 2. The molecule has 1 aliphatic rings. The van der Waals surface area contributed by atoms with Gasteiger partial charge in [0.2, 0.25) is 0 Å². The third-order valence-corrected chi connectivity index (χ3v) is 2.62. The van der Waals surface area contributed by atoms with E-state index in [-0.39, 0.29) is 29.5 Å². The zero-order valence-electron chi connectivity index (χ0n) is 13.8. The number of ketones is 1. The minimum atomic E-state index is -1.81. The molecule has 1 aliphatic carbocycles. The molecule has 78 valence electrons. The number of halogens is 1. The fraction of sp³-hybridized carbons (Fsp3) is 0.250. The Balaban J connectivity index is 2.76. The molecule has 1 aromatic rings. The molecule has 0 saturated heterocycles. The lowest BCUT2D eigenvalue weighted by atomic mass is 9.79. The standard InChI is InChI=1S/C12H12ClNO/c13-10-6-2-1-5-9(10)12(14)8-4-3-7-11(12)15/h1-3,5-7H,4,8,14H2/i1D,2D,3D,5D,6D,7D. The maximum absolute atomic E-state index is 12.3. The first-order valence-corrected chi connectivity index (χ1v) is 4.77. The van der Waals surface area contributed by atoms with E-state index in [4.69, 9.17) is 25.6 Å². The fourth-order valence-electron chi connectivity index (χ4n) is 1.47. The normalized spacial score (nSPS) is 32.5. The average molecular weight is 228 g/mol. The number of rotatable bonds is 1. The van der Waals surface area contributed by atoms with Crippen molar-refractivity contribution >= 4 is 17.4 Å². The minimum Gasteiger partial charge on any atom is -0.315 e. The van der Waals surface area contributed by atoms with Crippen LogP contribution in [0.3, 0.4) is 0 Å². The molecule has 2 N–H and O–H groups in total. The van der Waals surface area contributed by atoms with E-state index < -0.39 is 41.5 Å². The van der Waals surface area contributed by atoms with Crippen molar-refractivity contribution in [2.24, 2.45) is 5.73 Å². The number of carbonyl (C=O) groups excluding carboxylic acids is 1. The van der Waals surface area contributed by atoms with Gasteiger partial charge in [-0.3, -0.25) is 4.79 Å². The first-order valence-electron chi connectivity index (χ1n) is 7.39. The van der Waals surface area contributed by atoms with Gasteiger partial charge in [0.05, 0.1) is 8.22 Å². The lowest BCUT2D eigenvalue weighted by Crippen LogP contribution is -2.45. The largest absolute Gasteiger partial charge is 0.315 e. The number of hydrogen-bond donors (Lipinski definition) is 1. The Bertz CT molecular complexity index is 660. The van der Waals surface area contributed by atoms with E-state index in [2.05, 4.69) is 0 Å². The van der Waals surface area contributed by atoms with Crippen LogP contribution in [0.25, 0.3) is 0 Å². The van der Waals surface area contributed by atoms with E-state index in [1.54, 1.807) is 0 Å².